The van der Waals surface area contributed by atoms with Gasteiger partial charge in [0, 0.05) is 18.2 Å². The van der Waals surface area contributed by atoms with E-state index < -0.39 is 5.25 Å². The molecule has 3 aromatic rings. The lowest BCUT2D eigenvalue weighted by Crippen LogP contribution is -2.30. The van der Waals surface area contributed by atoms with Crippen molar-refractivity contribution in [2.45, 2.75) is 42.8 Å². The molecule has 0 radical (unpaired) electrons. The summed E-state index contributed by atoms with van der Waals surface area (Å²) >= 11 is 1.35. The van der Waals surface area contributed by atoms with Crippen molar-refractivity contribution in [3.63, 3.8) is 0 Å². The maximum Gasteiger partial charge on any atom is 0.238 e. The lowest BCUT2D eigenvalue weighted by atomic mass is 10.1. The maximum atomic E-state index is 13.4. The molecule has 5 nitrogen and oxygen atoms in total. The van der Waals surface area contributed by atoms with Crippen LogP contribution in [0.5, 0.6) is 0 Å². The fourth-order valence-electron chi connectivity index (χ4n) is 2.98. The average Bonchev–Trinajstić information content (AvgIpc) is 3.44. The maximum absolute atomic E-state index is 13.4. The van der Waals surface area contributed by atoms with Gasteiger partial charge >= 0.3 is 0 Å². The molecular weight excluding hydrogens is 375 g/mol. The van der Waals surface area contributed by atoms with Gasteiger partial charge in [0.2, 0.25) is 5.91 Å². The molecule has 1 heterocycles. The average molecular weight is 396 g/mol. The summed E-state index contributed by atoms with van der Waals surface area (Å²) in [7, 11) is 0. The number of thioether (sulfide) groups is 1. The Morgan fingerprint density at radius 2 is 1.89 bits per heavy atom. The topological polar surface area (TPSA) is 59.8 Å². The zero-order valence-electron chi connectivity index (χ0n) is 15.5. The first kappa shape index (κ1) is 18.7. The molecule has 4 rings (SSSR count). The molecule has 0 spiro atoms. The number of rotatable bonds is 7. The van der Waals surface area contributed by atoms with Crippen LogP contribution < -0.4 is 5.32 Å². The quantitative estimate of drug-likeness (QED) is 0.608. The van der Waals surface area contributed by atoms with Gasteiger partial charge < -0.3 is 9.88 Å². The number of aromatic nitrogens is 3. The Morgan fingerprint density at radius 3 is 2.54 bits per heavy atom. The minimum absolute atomic E-state index is 0.0778. The van der Waals surface area contributed by atoms with Crippen LogP contribution in [-0.2, 0) is 11.3 Å². The predicted molar refractivity (Wildman–Crippen MR) is 107 cm³/mol. The monoisotopic (exact) mass is 396 g/mol. The van der Waals surface area contributed by atoms with Crippen LogP contribution in [0.25, 0.3) is 11.4 Å². The van der Waals surface area contributed by atoms with Gasteiger partial charge in [-0.1, -0.05) is 54.2 Å². The van der Waals surface area contributed by atoms with Crippen molar-refractivity contribution in [1.29, 1.82) is 0 Å². The molecule has 0 saturated heterocycles. The Kier molecular flexibility index (Phi) is 5.43. The van der Waals surface area contributed by atoms with Gasteiger partial charge in [-0.2, -0.15) is 0 Å². The SMILES string of the molecule is CCn1c(SC(C(=O)NC2CC2)c2ccc(F)cc2)nnc1-c1ccccc1. The molecule has 1 N–H and O–H groups in total. The van der Waals surface area contributed by atoms with E-state index >= 15 is 0 Å². The zero-order valence-corrected chi connectivity index (χ0v) is 16.3. The van der Waals surface area contributed by atoms with Gasteiger partial charge in [0.1, 0.15) is 11.1 Å². The second-order valence-corrected chi connectivity index (χ2v) is 7.82. The summed E-state index contributed by atoms with van der Waals surface area (Å²) in [6.45, 7) is 2.71. The van der Waals surface area contributed by atoms with Crippen molar-refractivity contribution in [2.75, 3.05) is 0 Å². The molecule has 144 valence electrons. The molecule has 1 unspecified atom stereocenters. The number of benzene rings is 2. The molecule has 1 aromatic heterocycles. The van der Waals surface area contributed by atoms with E-state index in [1.165, 1.54) is 23.9 Å². The Bertz CT molecular complexity index is 954. The number of hydrogen-bond donors (Lipinski definition) is 1. The first-order chi connectivity index (χ1) is 13.7. The van der Waals surface area contributed by atoms with E-state index in [-0.39, 0.29) is 17.8 Å². The van der Waals surface area contributed by atoms with Gasteiger partial charge in [-0.05, 0) is 37.5 Å². The van der Waals surface area contributed by atoms with Crippen molar-refractivity contribution < 1.29 is 9.18 Å². The number of carbonyl (C=O) groups is 1. The van der Waals surface area contributed by atoms with Crippen molar-refractivity contribution in [3.8, 4) is 11.4 Å². The molecular formula is C21H21FN4OS. The van der Waals surface area contributed by atoms with Gasteiger partial charge in [-0.25, -0.2) is 4.39 Å². The number of hydrogen-bond acceptors (Lipinski definition) is 4. The van der Waals surface area contributed by atoms with Crippen molar-refractivity contribution in [3.05, 3.63) is 66.0 Å². The van der Waals surface area contributed by atoms with Crippen LogP contribution >= 0.6 is 11.8 Å². The molecule has 1 amide bonds. The fourth-order valence-corrected chi connectivity index (χ4v) is 4.09. The Labute approximate surface area is 167 Å². The van der Waals surface area contributed by atoms with Crippen LogP contribution in [0.2, 0.25) is 0 Å². The highest BCUT2D eigenvalue weighted by atomic mass is 32.2. The molecule has 1 aliphatic rings. The Morgan fingerprint density at radius 1 is 1.18 bits per heavy atom. The van der Waals surface area contributed by atoms with E-state index in [0.29, 0.717) is 11.7 Å². The van der Waals surface area contributed by atoms with E-state index in [9.17, 15) is 9.18 Å². The van der Waals surface area contributed by atoms with E-state index in [4.69, 9.17) is 0 Å². The molecule has 2 aromatic carbocycles. The second kappa shape index (κ2) is 8.14. The summed E-state index contributed by atoms with van der Waals surface area (Å²) in [5, 5.41) is 11.9. The lowest BCUT2D eigenvalue weighted by Gasteiger charge is -2.17. The first-order valence-electron chi connectivity index (χ1n) is 9.37. The van der Waals surface area contributed by atoms with Crippen LogP contribution in [-0.4, -0.2) is 26.7 Å². The van der Waals surface area contributed by atoms with E-state index in [2.05, 4.69) is 15.5 Å². The van der Waals surface area contributed by atoms with Crippen LogP contribution in [0, 0.1) is 5.82 Å². The highest BCUT2D eigenvalue weighted by Gasteiger charge is 2.30. The molecule has 28 heavy (non-hydrogen) atoms. The summed E-state index contributed by atoms with van der Waals surface area (Å²) in [5.74, 6) is 0.371. The molecule has 0 aliphatic heterocycles. The second-order valence-electron chi connectivity index (χ2n) is 6.75. The van der Waals surface area contributed by atoms with Crippen LogP contribution in [0.4, 0.5) is 4.39 Å². The minimum atomic E-state index is -0.515. The highest BCUT2D eigenvalue weighted by molar-refractivity contribution is 8.00. The molecule has 1 atom stereocenters. The third-order valence-electron chi connectivity index (χ3n) is 4.62. The smallest absolute Gasteiger partial charge is 0.238 e. The summed E-state index contributed by atoms with van der Waals surface area (Å²) < 4.78 is 15.4. The molecule has 1 saturated carbocycles. The van der Waals surface area contributed by atoms with Crippen LogP contribution in [0.15, 0.2) is 59.8 Å². The van der Waals surface area contributed by atoms with E-state index in [0.717, 1.165) is 29.8 Å². The van der Waals surface area contributed by atoms with Crippen molar-refractivity contribution in [1.82, 2.24) is 20.1 Å². The third-order valence-corrected chi connectivity index (χ3v) is 5.86. The van der Waals surface area contributed by atoms with E-state index in [1.54, 1.807) is 12.1 Å². The van der Waals surface area contributed by atoms with Gasteiger partial charge in [0.25, 0.3) is 0 Å². The van der Waals surface area contributed by atoms with Gasteiger partial charge in [0.05, 0.1) is 0 Å². The Hall–Kier alpha value is -2.67. The number of amides is 1. The fraction of sp³-hybridized carbons (Fsp3) is 0.286. The standard InChI is InChI=1S/C21H21FN4OS/c1-2-26-19(15-6-4-3-5-7-15)24-25-21(26)28-18(20(27)23-17-12-13-17)14-8-10-16(22)11-9-14/h3-11,17-18H,2,12-13H2,1H3,(H,23,27). The molecule has 1 fully saturated rings. The normalized spacial score (nSPS) is 14.6. The number of nitrogens with one attached hydrogen (secondary N) is 1. The van der Waals surface area contributed by atoms with E-state index in [1.807, 2.05) is 41.8 Å². The third kappa shape index (κ3) is 4.09. The summed E-state index contributed by atoms with van der Waals surface area (Å²) in [5.41, 5.74) is 1.72. The first-order valence-corrected chi connectivity index (χ1v) is 10.2. The Balaban J connectivity index is 1.65. The molecule has 7 heteroatoms. The summed E-state index contributed by atoms with van der Waals surface area (Å²) in [6.07, 6.45) is 2.02. The summed E-state index contributed by atoms with van der Waals surface area (Å²) in [6, 6.07) is 16.2. The van der Waals surface area contributed by atoms with Gasteiger partial charge in [-0.15, -0.1) is 10.2 Å². The highest BCUT2D eigenvalue weighted by Crippen LogP contribution is 2.37. The van der Waals surface area contributed by atoms with Crippen LogP contribution in [0.3, 0.4) is 0 Å². The largest absolute Gasteiger partial charge is 0.352 e. The number of nitrogens with zero attached hydrogens (tertiary/aromatic N) is 3. The number of carbonyl (C=O) groups excluding carboxylic acids is 1. The zero-order chi connectivity index (χ0) is 19.5. The molecule has 1 aliphatic carbocycles. The predicted octanol–water partition coefficient (Wildman–Crippen LogP) is 4.22. The van der Waals surface area contributed by atoms with Crippen molar-refractivity contribution >= 4 is 17.7 Å². The summed E-state index contributed by atoms with van der Waals surface area (Å²) in [4.78, 5) is 12.9. The van der Waals surface area contributed by atoms with Crippen LogP contribution in [0.1, 0.15) is 30.6 Å². The van der Waals surface area contributed by atoms with Gasteiger partial charge in [0.15, 0.2) is 11.0 Å². The van der Waals surface area contributed by atoms with Gasteiger partial charge in [-0.3, -0.25) is 4.79 Å². The lowest BCUT2D eigenvalue weighted by molar-refractivity contribution is -0.120. The minimum Gasteiger partial charge on any atom is -0.352 e. The molecule has 0 bridgehead atoms. The number of halogens is 1. The van der Waals surface area contributed by atoms with Crippen molar-refractivity contribution in [2.24, 2.45) is 0 Å².